The van der Waals surface area contributed by atoms with Gasteiger partial charge in [-0.25, -0.2) is 0 Å². The van der Waals surface area contributed by atoms with E-state index in [1.807, 2.05) is 26.2 Å². The average molecular weight is 319 g/mol. The Labute approximate surface area is 133 Å². The molecule has 1 aromatic carbocycles. The van der Waals surface area contributed by atoms with Gasteiger partial charge in [-0.3, -0.25) is 4.79 Å². The molecule has 0 aliphatic rings. The normalized spacial score (nSPS) is 11.0. The summed E-state index contributed by atoms with van der Waals surface area (Å²) in [5.74, 6) is -0.267. The van der Waals surface area contributed by atoms with Crippen LogP contribution in [-0.4, -0.2) is 5.91 Å². The van der Waals surface area contributed by atoms with Crippen LogP contribution in [0.3, 0.4) is 0 Å². The summed E-state index contributed by atoms with van der Waals surface area (Å²) < 4.78 is 0. The predicted octanol–water partition coefficient (Wildman–Crippen LogP) is 4.82. The third-order valence-corrected chi connectivity index (χ3v) is 4.16. The van der Waals surface area contributed by atoms with E-state index in [0.29, 0.717) is 21.2 Å². The molecule has 1 amide bonds. The zero-order valence-electron chi connectivity index (χ0n) is 12.0. The lowest BCUT2D eigenvalue weighted by Gasteiger charge is -2.17. The first-order chi connectivity index (χ1) is 9.82. The van der Waals surface area contributed by atoms with Crippen LogP contribution >= 0.6 is 22.9 Å². The zero-order valence-corrected chi connectivity index (χ0v) is 13.6. The Morgan fingerprint density at radius 1 is 1.38 bits per heavy atom. The average Bonchev–Trinajstić information content (AvgIpc) is 2.81. The molecular formula is C16H15ClN2OS. The second-order valence-corrected chi connectivity index (χ2v) is 7.00. The van der Waals surface area contributed by atoms with Gasteiger partial charge < -0.3 is 5.32 Å². The van der Waals surface area contributed by atoms with Gasteiger partial charge in [0.1, 0.15) is 11.1 Å². The number of amides is 1. The summed E-state index contributed by atoms with van der Waals surface area (Å²) in [6.45, 7) is 6.12. The number of carbonyl (C=O) groups is 1. The lowest BCUT2D eigenvalue weighted by molar-refractivity contribution is 0.102. The van der Waals surface area contributed by atoms with Crippen LogP contribution in [-0.2, 0) is 5.41 Å². The van der Waals surface area contributed by atoms with Gasteiger partial charge >= 0.3 is 0 Å². The molecule has 1 heterocycles. The third-order valence-electron chi connectivity index (χ3n) is 3.02. The number of nitriles is 1. The van der Waals surface area contributed by atoms with Crippen molar-refractivity contribution in [2.45, 2.75) is 26.2 Å². The Hall–Kier alpha value is -1.83. The molecule has 1 N–H and O–H groups in total. The predicted molar refractivity (Wildman–Crippen MR) is 87.1 cm³/mol. The van der Waals surface area contributed by atoms with E-state index >= 15 is 0 Å². The smallest absolute Gasteiger partial charge is 0.256 e. The van der Waals surface area contributed by atoms with Gasteiger partial charge in [-0.05, 0) is 34.6 Å². The maximum Gasteiger partial charge on any atom is 0.256 e. The van der Waals surface area contributed by atoms with E-state index in [1.165, 1.54) is 11.3 Å². The highest BCUT2D eigenvalue weighted by Gasteiger charge is 2.23. The number of rotatable bonds is 2. The van der Waals surface area contributed by atoms with E-state index in [1.54, 1.807) is 24.3 Å². The number of hydrogen-bond donors (Lipinski definition) is 1. The van der Waals surface area contributed by atoms with E-state index in [0.717, 1.165) is 5.56 Å². The molecule has 0 atom stereocenters. The van der Waals surface area contributed by atoms with Gasteiger partial charge in [-0.15, -0.1) is 11.3 Å². The van der Waals surface area contributed by atoms with Crippen molar-refractivity contribution in [1.82, 2.24) is 0 Å². The molecule has 2 aromatic rings. The minimum absolute atomic E-state index is 0.138. The van der Waals surface area contributed by atoms with Crippen LogP contribution < -0.4 is 5.32 Å². The monoisotopic (exact) mass is 318 g/mol. The molecular weight excluding hydrogens is 304 g/mol. The number of thiophene rings is 1. The Balaban J connectivity index is 2.31. The first-order valence-corrected chi connectivity index (χ1v) is 7.67. The highest BCUT2D eigenvalue weighted by atomic mass is 35.5. The van der Waals surface area contributed by atoms with Crippen LogP contribution in [0.15, 0.2) is 29.6 Å². The third kappa shape index (κ3) is 3.44. The lowest BCUT2D eigenvalue weighted by atomic mass is 9.86. The molecule has 0 aliphatic carbocycles. The highest BCUT2D eigenvalue weighted by molar-refractivity contribution is 7.14. The summed E-state index contributed by atoms with van der Waals surface area (Å²) in [5, 5.41) is 15.2. The Kier molecular flexibility index (Phi) is 4.36. The van der Waals surface area contributed by atoms with Crippen molar-refractivity contribution < 1.29 is 4.79 Å². The number of nitrogens with one attached hydrogen (secondary N) is 1. The number of anilines is 1. The quantitative estimate of drug-likeness (QED) is 0.862. The van der Waals surface area contributed by atoms with Crippen LogP contribution in [0.4, 0.5) is 5.00 Å². The van der Waals surface area contributed by atoms with Crippen molar-refractivity contribution in [3.63, 3.8) is 0 Å². The van der Waals surface area contributed by atoms with E-state index in [-0.39, 0.29) is 11.3 Å². The lowest BCUT2D eigenvalue weighted by Crippen LogP contribution is -2.14. The Morgan fingerprint density at radius 3 is 2.67 bits per heavy atom. The van der Waals surface area contributed by atoms with Crippen molar-refractivity contribution in [3.05, 3.63) is 51.4 Å². The minimum atomic E-state index is -0.267. The summed E-state index contributed by atoms with van der Waals surface area (Å²) >= 11 is 7.25. The molecule has 2 rings (SSSR count). The van der Waals surface area contributed by atoms with Gasteiger partial charge in [0, 0.05) is 10.6 Å². The number of carbonyl (C=O) groups excluding carboxylic acids is 1. The molecule has 0 aliphatic heterocycles. The molecule has 1 aromatic heterocycles. The van der Waals surface area contributed by atoms with Crippen LogP contribution in [0.2, 0.25) is 5.02 Å². The van der Waals surface area contributed by atoms with Crippen molar-refractivity contribution in [1.29, 1.82) is 5.26 Å². The van der Waals surface area contributed by atoms with Gasteiger partial charge in [0.25, 0.3) is 5.91 Å². The number of nitrogens with zero attached hydrogens (tertiary/aromatic N) is 1. The fourth-order valence-corrected chi connectivity index (χ4v) is 3.24. The second kappa shape index (κ2) is 5.88. The van der Waals surface area contributed by atoms with Crippen molar-refractivity contribution >= 4 is 33.8 Å². The summed E-state index contributed by atoms with van der Waals surface area (Å²) in [7, 11) is 0. The number of halogens is 1. The summed E-state index contributed by atoms with van der Waals surface area (Å²) in [4.78, 5) is 12.2. The molecule has 21 heavy (non-hydrogen) atoms. The Bertz CT molecular complexity index is 723. The van der Waals surface area contributed by atoms with Crippen LogP contribution in [0.1, 0.15) is 42.3 Å². The summed E-state index contributed by atoms with van der Waals surface area (Å²) in [6.07, 6.45) is 0. The topological polar surface area (TPSA) is 52.9 Å². The molecule has 0 saturated heterocycles. The van der Waals surface area contributed by atoms with Gasteiger partial charge in [0.15, 0.2) is 0 Å². The van der Waals surface area contributed by atoms with Gasteiger partial charge in [-0.1, -0.05) is 38.4 Å². The number of benzene rings is 1. The first kappa shape index (κ1) is 15.6. The fraction of sp³-hybridized carbons (Fsp3) is 0.250. The molecule has 0 bridgehead atoms. The van der Waals surface area contributed by atoms with Gasteiger partial charge in [-0.2, -0.15) is 5.26 Å². The molecule has 3 nitrogen and oxygen atoms in total. The van der Waals surface area contributed by atoms with Gasteiger partial charge in [0.05, 0.1) is 5.56 Å². The molecule has 0 saturated carbocycles. The zero-order chi connectivity index (χ0) is 15.6. The molecule has 0 spiro atoms. The maximum atomic E-state index is 12.2. The summed E-state index contributed by atoms with van der Waals surface area (Å²) in [6, 6.07) is 8.90. The molecule has 0 fully saturated rings. The highest BCUT2D eigenvalue weighted by Crippen LogP contribution is 2.35. The molecule has 0 unspecified atom stereocenters. The SMILES string of the molecule is CC(C)(C)c1csc(NC(=O)c2cccc(Cl)c2)c1C#N. The number of hydrogen-bond acceptors (Lipinski definition) is 3. The molecule has 5 heteroatoms. The standard InChI is InChI=1S/C16H15ClN2OS/c1-16(2,3)13-9-21-15(12(13)8-18)19-14(20)10-5-4-6-11(17)7-10/h4-7,9H,1-3H3,(H,19,20). The van der Waals surface area contributed by atoms with Gasteiger partial charge in [0.2, 0.25) is 0 Å². The van der Waals surface area contributed by atoms with E-state index in [9.17, 15) is 10.1 Å². The van der Waals surface area contributed by atoms with E-state index in [2.05, 4.69) is 11.4 Å². The van der Waals surface area contributed by atoms with Crippen LogP contribution in [0, 0.1) is 11.3 Å². The maximum absolute atomic E-state index is 12.2. The van der Waals surface area contributed by atoms with Crippen LogP contribution in [0.5, 0.6) is 0 Å². The van der Waals surface area contributed by atoms with Crippen molar-refractivity contribution in [2.24, 2.45) is 0 Å². The molecule has 108 valence electrons. The Morgan fingerprint density at radius 2 is 2.10 bits per heavy atom. The van der Waals surface area contributed by atoms with Crippen molar-refractivity contribution in [3.8, 4) is 6.07 Å². The minimum Gasteiger partial charge on any atom is -0.312 e. The van der Waals surface area contributed by atoms with Crippen LogP contribution in [0.25, 0.3) is 0 Å². The largest absolute Gasteiger partial charge is 0.312 e. The van der Waals surface area contributed by atoms with E-state index < -0.39 is 0 Å². The second-order valence-electron chi connectivity index (χ2n) is 5.68. The fourth-order valence-electron chi connectivity index (χ4n) is 1.92. The van der Waals surface area contributed by atoms with E-state index in [4.69, 9.17) is 11.6 Å². The van der Waals surface area contributed by atoms with Crippen molar-refractivity contribution in [2.75, 3.05) is 5.32 Å². The summed E-state index contributed by atoms with van der Waals surface area (Å²) in [5.41, 5.74) is 1.80. The first-order valence-electron chi connectivity index (χ1n) is 6.42. The molecule has 0 radical (unpaired) electrons.